The summed E-state index contributed by atoms with van der Waals surface area (Å²) in [5.74, 6) is -0.405. The fourth-order valence-electron chi connectivity index (χ4n) is 2.68. The van der Waals surface area contributed by atoms with Gasteiger partial charge in [-0.25, -0.2) is 14.4 Å². The van der Waals surface area contributed by atoms with Crippen molar-refractivity contribution < 1.29 is 18.7 Å². The number of amides is 2. The molecule has 3 rings (SSSR count). The number of hydrogen-bond acceptors (Lipinski definition) is 5. The van der Waals surface area contributed by atoms with Crippen molar-refractivity contribution in [2.24, 2.45) is 0 Å². The summed E-state index contributed by atoms with van der Waals surface area (Å²) in [7, 11) is 0. The molecule has 0 spiro atoms. The molecule has 8 heteroatoms. The van der Waals surface area contributed by atoms with Gasteiger partial charge in [-0.1, -0.05) is 6.07 Å². The Bertz CT molecular complexity index is 815. The molecule has 2 heterocycles. The van der Waals surface area contributed by atoms with Crippen LogP contribution in [-0.4, -0.2) is 46.4 Å². The zero-order chi connectivity index (χ0) is 18.5. The zero-order valence-electron chi connectivity index (χ0n) is 14.3. The second-order valence-electron chi connectivity index (χ2n) is 5.94. The van der Waals surface area contributed by atoms with Crippen molar-refractivity contribution in [1.29, 1.82) is 0 Å². The van der Waals surface area contributed by atoms with E-state index in [1.807, 2.05) is 0 Å². The van der Waals surface area contributed by atoms with Gasteiger partial charge in [0.25, 0.3) is 5.91 Å². The van der Waals surface area contributed by atoms with Crippen molar-refractivity contribution in [2.75, 3.05) is 19.7 Å². The maximum atomic E-state index is 13.4. The van der Waals surface area contributed by atoms with Gasteiger partial charge >= 0.3 is 0 Å². The lowest BCUT2D eigenvalue weighted by molar-refractivity contribution is -0.119. The highest BCUT2D eigenvalue weighted by atomic mass is 19.1. The van der Waals surface area contributed by atoms with Gasteiger partial charge < -0.3 is 15.0 Å². The minimum Gasteiger partial charge on any atom is -0.367 e. The monoisotopic (exact) mass is 358 g/mol. The normalized spacial score (nSPS) is 17.0. The Morgan fingerprint density at radius 1 is 1.38 bits per heavy atom. The van der Waals surface area contributed by atoms with Crippen LogP contribution >= 0.6 is 0 Å². The highest BCUT2D eigenvalue weighted by molar-refractivity contribution is 5.94. The van der Waals surface area contributed by atoms with Crippen LogP contribution in [0.4, 0.5) is 4.39 Å². The molecule has 1 fully saturated rings. The van der Waals surface area contributed by atoms with Gasteiger partial charge in [0.05, 0.1) is 25.4 Å². The Morgan fingerprint density at radius 2 is 2.23 bits per heavy atom. The first-order valence-corrected chi connectivity index (χ1v) is 8.25. The summed E-state index contributed by atoms with van der Waals surface area (Å²) in [6, 6.07) is 7.32. The van der Waals surface area contributed by atoms with Crippen LogP contribution < -0.4 is 5.32 Å². The van der Waals surface area contributed by atoms with Gasteiger partial charge in [0, 0.05) is 25.2 Å². The molecule has 0 radical (unpaired) electrons. The molecule has 1 aromatic carbocycles. The van der Waals surface area contributed by atoms with E-state index in [4.69, 9.17) is 4.74 Å². The molecule has 1 saturated heterocycles. The fourth-order valence-corrected chi connectivity index (χ4v) is 2.68. The van der Waals surface area contributed by atoms with Crippen LogP contribution in [0.2, 0.25) is 0 Å². The predicted octanol–water partition coefficient (Wildman–Crippen LogP) is 1.47. The molecule has 1 aromatic heterocycles. The number of nitrogens with zero attached hydrogens (tertiary/aromatic N) is 3. The van der Waals surface area contributed by atoms with Gasteiger partial charge in [-0.05, 0) is 24.3 Å². The lowest BCUT2D eigenvalue weighted by Gasteiger charge is -2.32. The van der Waals surface area contributed by atoms with Crippen LogP contribution in [0.15, 0.2) is 36.5 Å². The largest absolute Gasteiger partial charge is 0.367 e. The summed E-state index contributed by atoms with van der Waals surface area (Å²) in [6.07, 6.45) is 1.12. The van der Waals surface area contributed by atoms with Crippen molar-refractivity contribution >= 4 is 11.8 Å². The van der Waals surface area contributed by atoms with Crippen LogP contribution in [0.5, 0.6) is 0 Å². The number of morpholine rings is 1. The van der Waals surface area contributed by atoms with Crippen LogP contribution in [0.1, 0.15) is 34.9 Å². The molecule has 0 saturated carbocycles. The minimum atomic E-state index is -0.474. The van der Waals surface area contributed by atoms with E-state index in [0.29, 0.717) is 36.8 Å². The van der Waals surface area contributed by atoms with E-state index in [0.717, 1.165) is 0 Å². The summed E-state index contributed by atoms with van der Waals surface area (Å²) in [4.78, 5) is 33.8. The van der Waals surface area contributed by atoms with Crippen molar-refractivity contribution in [3.8, 4) is 0 Å². The van der Waals surface area contributed by atoms with Gasteiger partial charge in [0.2, 0.25) is 5.91 Å². The van der Waals surface area contributed by atoms with Gasteiger partial charge in [0.15, 0.2) is 5.82 Å². The second kappa shape index (κ2) is 8.01. The molecule has 1 unspecified atom stereocenters. The summed E-state index contributed by atoms with van der Waals surface area (Å²) < 4.78 is 19.1. The number of benzene rings is 1. The van der Waals surface area contributed by atoms with Crippen LogP contribution in [0.25, 0.3) is 0 Å². The van der Waals surface area contributed by atoms with Gasteiger partial charge in [-0.2, -0.15) is 0 Å². The van der Waals surface area contributed by atoms with E-state index in [-0.39, 0.29) is 18.4 Å². The van der Waals surface area contributed by atoms with E-state index < -0.39 is 11.9 Å². The van der Waals surface area contributed by atoms with E-state index >= 15 is 0 Å². The van der Waals surface area contributed by atoms with E-state index in [1.54, 1.807) is 23.2 Å². The smallest absolute Gasteiger partial charge is 0.254 e. The molecule has 1 atom stereocenters. The molecule has 7 nitrogen and oxygen atoms in total. The Kier molecular flexibility index (Phi) is 5.52. The Labute approximate surface area is 150 Å². The molecule has 2 amide bonds. The van der Waals surface area contributed by atoms with Crippen LogP contribution in [0.3, 0.4) is 0 Å². The number of halogens is 1. The maximum absolute atomic E-state index is 13.4. The first-order chi connectivity index (χ1) is 12.5. The minimum absolute atomic E-state index is 0.147. The number of hydrogen-bond donors (Lipinski definition) is 1. The Morgan fingerprint density at radius 3 is 3.00 bits per heavy atom. The number of nitrogens with one attached hydrogen (secondary N) is 1. The molecule has 2 aromatic rings. The topological polar surface area (TPSA) is 84.4 Å². The molecule has 1 N–H and O–H groups in total. The maximum Gasteiger partial charge on any atom is 0.254 e. The van der Waals surface area contributed by atoms with E-state index in [9.17, 15) is 14.0 Å². The van der Waals surface area contributed by atoms with Gasteiger partial charge in [0.1, 0.15) is 11.9 Å². The van der Waals surface area contributed by atoms with E-state index in [1.165, 1.54) is 25.1 Å². The molecule has 1 aliphatic heterocycles. The second-order valence-corrected chi connectivity index (χ2v) is 5.94. The first-order valence-electron chi connectivity index (χ1n) is 8.25. The molecule has 0 aliphatic carbocycles. The molecule has 26 heavy (non-hydrogen) atoms. The fraction of sp³-hybridized carbons (Fsp3) is 0.333. The predicted molar refractivity (Wildman–Crippen MR) is 90.5 cm³/mol. The van der Waals surface area contributed by atoms with Crippen molar-refractivity contribution in [3.63, 3.8) is 0 Å². The third kappa shape index (κ3) is 4.40. The highest BCUT2D eigenvalue weighted by Crippen LogP contribution is 2.21. The number of ether oxygens (including phenoxy) is 1. The average molecular weight is 358 g/mol. The van der Waals surface area contributed by atoms with Gasteiger partial charge in [-0.15, -0.1) is 0 Å². The number of rotatable bonds is 4. The standard InChI is InChI=1S/C18H19FN4O3/c1-12(24)21-10-15-5-6-20-17(22-15)16-11-23(7-8-26-16)18(25)13-3-2-4-14(19)9-13/h2-6,9,16H,7-8,10-11H2,1H3,(H,21,24). The van der Waals surface area contributed by atoms with Crippen molar-refractivity contribution in [1.82, 2.24) is 20.2 Å². The lowest BCUT2D eigenvalue weighted by Crippen LogP contribution is -2.42. The summed E-state index contributed by atoms with van der Waals surface area (Å²) in [5.41, 5.74) is 0.952. The summed E-state index contributed by atoms with van der Waals surface area (Å²) in [5, 5.41) is 2.68. The zero-order valence-corrected chi connectivity index (χ0v) is 14.3. The number of carbonyl (C=O) groups excluding carboxylic acids is 2. The van der Waals surface area contributed by atoms with Gasteiger partial charge in [-0.3, -0.25) is 9.59 Å². The van der Waals surface area contributed by atoms with E-state index in [2.05, 4.69) is 15.3 Å². The lowest BCUT2D eigenvalue weighted by atomic mass is 10.1. The Hall–Kier alpha value is -2.87. The summed E-state index contributed by atoms with van der Waals surface area (Å²) >= 11 is 0. The van der Waals surface area contributed by atoms with Crippen LogP contribution in [-0.2, 0) is 16.1 Å². The molecule has 0 bridgehead atoms. The number of carbonyl (C=O) groups is 2. The highest BCUT2D eigenvalue weighted by Gasteiger charge is 2.28. The molecular weight excluding hydrogens is 339 g/mol. The molecule has 1 aliphatic rings. The van der Waals surface area contributed by atoms with Crippen LogP contribution in [0, 0.1) is 5.82 Å². The van der Waals surface area contributed by atoms with Crippen molar-refractivity contribution in [3.05, 3.63) is 59.4 Å². The number of aromatic nitrogens is 2. The van der Waals surface area contributed by atoms with Crippen molar-refractivity contribution in [2.45, 2.75) is 19.6 Å². The third-order valence-corrected chi connectivity index (χ3v) is 3.96. The summed E-state index contributed by atoms with van der Waals surface area (Å²) in [6.45, 7) is 2.76. The average Bonchev–Trinajstić information content (AvgIpc) is 2.66. The quantitative estimate of drug-likeness (QED) is 0.895. The molecule has 136 valence electrons. The first kappa shape index (κ1) is 17.9. The SMILES string of the molecule is CC(=O)NCc1ccnc(C2CN(C(=O)c3cccc(F)c3)CCO2)n1. The Balaban J connectivity index is 1.71. The molecular formula is C18H19FN4O3. The third-order valence-electron chi connectivity index (χ3n) is 3.96.